The molecule has 0 amide bonds. The van der Waals surface area contributed by atoms with E-state index in [0.717, 1.165) is 28.8 Å². The number of aromatic amines is 1. The number of nitrogens with one attached hydrogen (secondary N) is 2. The minimum Gasteiger partial charge on any atom is -0.481 e. The van der Waals surface area contributed by atoms with Crippen LogP contribution in [0.5, 0.6) is 0 Å². The quantitative estimate of drug-likeness (QED) is 0.389. The largest absolute Gasteiger partial charge is 0.481 e. The number of aryl methyl sites for hydroxylation is 1. The SMILES string of the molecule is C=C.CCC[C@H](C(=O)O)[C@H](C)c1nn[nH]n1.Cc1ccc(-c2ccc(C3(O)CNC3)cc2)nc1. The van der Waals surface area contributed by atoms with Crippen LogP contribution in [0.2, 0.25) is 0 Å². The number of benzene rings is 1. The van der Waals surface area contributed by atoms with E-state index in [9.17, 15) is 9.90 Å². The van der Waals surface area contributed by atoms with Gasteiger partial charge in [-0.1, -0.05) is 55.8 Å². The summed E-state index contributed by atoms with van der Waals surface area (Å²) in [5, 5.41) is 35.6. The lowest BCUT2D eigenvalue weighted by molar-refractivity contribution is -0.142. The Balaban J connectivity index is 0.000000231. The number of pyridine rings is 1. The number of aromatic nitrogens is 5. The van der Waals surface area contributed by atoms with E-state index in [0.29, 0.717) is 25.3 Å². The lowest BCUT2D eigenvalue weighted by atomic mass is 9.87. The lowest BCUT2D eigenvalue weighted by Crippen LogP contribution is -2.56. The third-order valence-electron chi connectivity index (χ3n) is 5.75. The number of aliphatic carboxylic acids is 1. The topological polar surface area (TPSA) is 137 Å². The Morgan fingerprint density at radius 1 is 1.18 bits per heavy atom. The molecule has 0 unspecified atom stereocenters. The molecule has 4 N–H and O–H groups in total. The minimum atomic E-state index is -0.802. The van der Waals surface area contributed by atoms with Gasteiger partial charge < -0.3 is 15.5 Å². The molecule has 0 saturated carbocycles. The van der Waals surface area contributed by atoms with Gasteiger partial charge in [0.2, 0.25) is 0 Å². The van der Waals surface area contributed by atoms with E-state index in [1.54, 1.807) is 6.92 Å². The van der Waals surface area contributed by atoms with Crippen LogP contribution < -0.4 is 5.32 Å². The van der Waals surface area contributed by atoms with Gasteiger partial charge in [-0.25, -0.2) is 0 Å². The van der Waals surface area contributed by atoms with Gasteiger partial charge in [0.25, 0.3) is 0 Å². The number of carbonyl (C=O) groups is 1. The van der Waals surface area contributed by atoms with Crippen molar-refractivity contribution in [3.63, 3.8) is 0 Å². The van der Waals surface area contributed by atoms with Crippen molar-refractivity contribution < 1.29 is 15.0 Å². The van der Waals surface area contributed by atoms with Crippen molar-refractivity contribution in [2.75, 3.05) is 13.1 Å². The monoisotopic (exact) mass is 466 g/mol. The standard InChI is InChI=1S/C15H16N2O.C8H14N4O2.C2H4/c1-11-2-7-14(17-8-11)12-3-5-13(6-4-12)15(18)9-16-10-15;1-3-4-6(8(13)14)5(2)7-9-11-12-10-7;1-2/h2-8,16,18H,9-10H2,1H3;5-6H,3-4H2,1-2H3,(H,13,14)(H,9,10,11,12);1-2H2/t;5-,6-;/m.0./s1. The summed E-state index contributed by atoms with van der Waals surface area (Å²) in [6.45, 7) is 13.1. The Kier molecular flexibility index (Phi) is 10.0. The van der Waals surface area contributed by atoms with Gasteiger partial charge in [0.05, 0.1) is 11.6 Å². The number of carboxylic acid groups (broad SMARTS) is 1. The Morgan fingerprint density at radius 2 is 1.85 bits per heavy atom. The molecule has 9 heteroatoms. The first-order chi connectivity index (χ1) is 16.3. The third kappa shape index (κ3) is 6.79. The predicted octanol–water partition coefficient (Wildman–Crippen LogP) is 3.45. The first kappa shape index (κ1) is 26.8. The van der Waals surface area contributed by atoms with Gasteiger partial charge in [0.1, 0.15) is 5.60 Å². The molecule has 0 spiro atoms. The highest BCUT2D eigenvalue weighted by Gasteiger charge is 2.35. The van der Waals surface area contributed by atoms with Crippen LogP contribution in [-0.2, 0) is 10.4 Å². The second kappa shape index (κ2) is 12.7. The molecule has 2 aromatic heterocycles. The van der Waals surface area contributed by atoms with Gasteiger partial charge in [0.15, 0.2) is 5.82 Å². The summed E-state index contributed by atoms with van der Waals surface area (Å²) in [4.78, 5) is 15.3. The van der Waals surface area contributed by atoms with Crippen LogP contribution in [-0.4, -0.2) is 54.9 Å². The van der Waals surface area contributed by atoms with Crippen molar-refractivity contribution in [1.82, 2.24) is 30.9 Å². The molecule has 3 aromatic rings. The smallest absolute Gasteiger partial charge is 0.307 e. The van der Waals surface area contributed by atoms with Gasteiger partial charge in [-0.05, 0) is 30.5 Å². The molecule has 1 aliphatic heterocycles. The maximum absolute atomic E-state index is 10.9. The number of β-amino-alcohol motifs (C(OH)–C–C–N with tert-alkyl or cyclic N) is 1. The number of H-pyrrole nitrogens is 1. The molecule has 2 atom stereocenters. The summed E-state index contributed by atoms with van der Waals surface area (Å²) in [5.74, 6) is -0.973. The summed E-state index contributed by atoms with van der Waals surface area (Å²) >= 11 is 0. The first-order valence-electron chi connectivity index (χ1n) is 11.3. The number of hydrogen-bond acceptors (Lipinski definition) is 7. The molecule has 3 heterocycles. The van der Waals surface area contributed by atoms with E-state index in [-0.39, 0.29) is 5.92 Å². The summed E-state index contributed by atoms with van der Waals surface area (Å²) in [6.07, 6.45) is 3.33. The number of hydrogen-bond donors (Lipinski definition) is 4. The van der Waals surface area contributed by atoms with Crippen molar-refractivity contribution >= 4 is 5.97 Å². The second-order valence-corrected chi connectivity index (χ2v) is 8.23. The first-order valence-corrected chi connectivity index (χ1v) is 11.3. The number of rotatable bonds is 7. The van der Waals surface area contributed by atoms with Crippen molar-refractivity contribution in [2.24, 2.45) is 5.92 Å². The van der Waals surface area contributed by atoms with Gasteiger partial charge >= 0.3 is 5.97 Å². The fourth-order valence-corrected chi connectivity index (χ4v) is 3.60. The molecule has 1 aliphatic rings. The fourth-order valence-electron chi connectivity index (χ4n) is 3.60. The molecule has 1 saturated heterocycles. The van der Waals surface area contributed by atoms with E-state index in [1.165, 1.54) is 0 Å². The zero-order valence-corrected chi connectivity index (χ0v) is 20.0. The number of nitrogens with zero attached hydrogens (tertiary/aromatic N) is 4. The molecular formula is C25H34N6O3. The zero-order valence-electron chi connectivity index (χ0n) is 20.0. The van der Waals surface area contributed by atoms with Crippen molar-refractivity contribution in [3.05, 3.63) is 72.7 Å². The molecule has 0 aliphatic carbocycles. The van der Waals surface area contributed by atoms with Crippen molar-refractivity contribution in [3.8, 4) is 11.3 Å². The van der Waals surface area contributed by atoms with E-state index in [1.807, 2.05) is 50.4 Å². The molecule has 4 rings (SSSR count). The molecule has 9 nitrogen and oxygen atoms in total. The Bertz CT molecular complexity index is 1000. The summed E-state index contributed by atoms with van der Waals surface area (Å²) < 4.78 is 0. The van der Waals surface area contributed by atoms with Crippen LogP contribution in [0.4, 0.5) is 0 Å². The van der Waals surface area contributed by atoms with E-state index < -0.39 is 17.5 Å². The van der Waals surface area contributed by atoms with Gasteiger partial charge in [-0.2, -0.15) is 5.21 Å². The maximum Gasteiger partial charge on any atom is 0.307 e. The predicted molar refractivity (Wildman–Crippen MR) is 131 cm³/mol. The van der Waals surface area contributed by atoms with E-state index in [4.69, 9.17) is 5.11 Å². The zero-order chi connectivity index (χ0) is 25.1. The van der Waals surface area contributed by atoms with Crippen LogP contribution in [0.1, 0.15) is 49.6 Å². The maximum atomic E-state index is 10.9. The number of carboxylic acids is 1. The van der Waals surface area contributed by atoms with Gasteiger partial charge in [0, 0.05) is 30.8 Å². The molecule has 0 radical (unpaired) electrons. The summed E-state index contributed by atoms with van der Waals surface area (Å²) in [6, 6.07) is 12.1. The van der Waals surface area contributed by atoms with Crippen LogP contribution in [0.15, 0.2) is 55.8 Å². The average Bonchev–Trinajstić information content (AvgIpc) is 3.38. The normalized spacial score (nSPS) is 15.4. The average molecular weight is 467 g/mol. The fraction of sp³-hybridized carbons (Fsp3) is 0.400. The summed E-state index contributed by atoms with van der Waals surface area (Å²) in [5.41, 5.74) is 3.49. The summed E-state index contributed by atoms with van der Waals surface area (Å²) in [7, 11) is 0. The van der Waals surface area contributed by atoms with E-state index in [2.05, 4.69) is 50.1 Å². The van der Waals surface area contributed by atoms with Crippen LogP contribution in [0.25, 0.3) is 11.3 Å². The molecule has 1 fully saturated rings. The highest BCUT2D eigenvalue weighted by Crippen LogP contribution is 2.27. The molecule has 182 valence electrons. The number of tetrazole rings is 1. The lowest BCUT2D eigenvalue weighted by Gasteiger charge is -2.38. The van der Waals surface area contributed by atoms with Crippen molar-refractivity contribution in [1.29, 1.82) is 0 Å². The van der Waals surface area contributed by atoms with Crippen LogP contribution in [0.3, 0.4) is 0 Å². The Hall–Kier alpha value is -3.43. The highest BCUT2D eigenvalue weighted by atomic mass is 16.4. The molecular weight excluding hydrogens is 432 g/mol. The van der Waals surface area contributed by atoms with Crippen molar-refractivity contribution in [2.45, 2.75) is 45.1 Å². The molecule has 34 heavy (non-hydrogen) atoms. The van der Waals surface area contributed by atoms with Crippen LogP contribution >= 0.6 is 0 Å². The Morgan fingerprint density at radius 3 is 2.29 bits per heavy atom. The third-order valence-corrected chi connectivity index (χ3v) is 5.75. The van der Waals surface area contributed by atoms with Crippen LogP contribution in [0, 0.1) is 12.8 Å². The van der Waals surface area contributed by atoms with Gasteiger partial charge in [-0.15, -0.1) is 23.4 Å². The minimum absolute atomic E-state index is 0.203. The second-order valence-electron chi connectivity index (χ2n) is 8.23. The Labute approximate surface area is 200 Å². The highest BCUT2D eigenvalue weighted by molar-refractivity contribution is 5.71. The van der Waals surface area contributed by atoms with E-state index >= 15 is 0 Å². The molecule has 1 aromatic carbocycles. The molecule has 0 bridgehead atoms. The number of aliphatic hydroxyl groups is 1. The van der Waals surface area contributed by atoms with Gasteiger partial charge in [-0.3, -0.25) is 9.78 Å².